The first-order valence-electron chi connectivity index (χ1n) is 7.80. The van der Waals surface area contributed by atoms with Crippen LogP contribution in [0.25, 0.3) is 0 Å². The molecule has 0 radical (unpaired) electrons. The van der Waals surface area contributed by atoms with Gasteiger partial charge in [-0.05, 0) is 19.3 Å². The van der Waals surface area contributed by atoms with E-state index in [2.05, 4.69) is 5.32 Å². The van der Waals surface area contributed by atoms with Gasteiger partial charge in [-0.3, -0.25) is 4.79 Å². The van der Waals surface area contributed by atoms with Crippen molar-refractivity contribution < 1.29 is 14.3 Å². The summed E-state index contributed by atoms with van der Waals surface area (Å²) in [6.45, 7) is 3.52. The first kappa shape index (κ1) is 16.1. The molecule has 4 nitrogen and oxygen atoms in total. The second-order valence-electron chi connectivity index (χ2n) is 5.95. The average Bonchev–Trinajstić information content (AvgIpc) is 2.48. The summed E-state index contributed by atoms with van der Waals surface area (Å²) in [7, 11) is 0. The van der Waals surface area contributed by atoms with Crippen molar-refractivity contribution in [3.8, 4) is 0 Å². The summed E-state index contributed by atoms with van der Waals surface area (Å²) >= 11 is 5.87. The van der Waals surface area contributed by atoms with Crippen LogP contribution in [0, 0.1) is 5.92 Å². The molecule has 2 aliphatic rings. The van der Waals surface area contributed by atoms with E-state index in [1.54, 1.807) is 6.92 Å². The summed E-state index contributed by atoms with van der Waals surface area (Å²) in [5, 5.41) is 2.55. The highest BCUT2D eigenvalue weighted by atomic mass is 35.5. The standard InChI is InChI=1S/C15H26ClNO3/c1-11(16)15(18)17-13(14-10-19-7-8-20-14)9-12-5-3-2-4-6-12/h11-14H,2-10H2,1H3,(H,17,18). The summed E-state index contributed by atoms with van der Waals surface area (Å²) in [4.78, 5) is 11.9. The Morgan fingerprint density at radius 2 is 2.05 bits per heavy atom. The molecule has 3 unspecified atom stereocenters. The fraction of sp³-hybridized carbons (Fsp3) is 0.933. The lowest BCUT2D eigenvalue weighted by atomic mass is 9.83. The summed E-state index contributed by atoms with van der Waals surface area (Å²) in [5.41, 5.74) is 0. The highest BCUT2D eigenvalue weighted by Crippen LogP contribution is 2.28. The number of hydrogen-bond donors (Lipinski definition) is 1. The van der Waals surface area contributed by atoms with Crippen LogP contribution in [-0.2, 0) is 14.3 Å². The van der Waals surface area contributed by atoms with Crippen molar-refractivity contribution in [2.45, 2.75) is 63.0 Å². The van der Waals surface area contributed by atoms with Crippen LogP contribution in [0.2, 0.25) is 0 Å². The monoisotopic (exact) mass is 303 g/mol. The predicted octanol–water partition coefficient (Wildman–Crippen LogP) is 2.48. The first-order valence-corrected chi connectivity index (χ1v) is 8.24. The molecule has 0 aromatic carbocycles. The Hall–Kier alpha value is -0.320. The number of hydrogen-bond acceptors (Lipinski definition) is 3. The number of nitrogens with one attached hydrogen (secondary N) is 1. The largest absolute Gasteiger partial charge is 0.376 e. The van der Waals surface area contributed by atoms with E-state index in [4.69, 9.17) is 21.1 Å². The van der Waals surface area contributed by atoms with E-state index in [0.29, 0.717) is 25.7 Å². The van der Waals surface area contributed by atoms with Gasteiger partial charge < -0.3 is 14.8 Å². The van der Waals surface area contributed by atoms with Crippen LogP contribution in [0.15, 0.2) is 0 Å². The zero-order chi connectivity index (χ0) is 14.4. The Kier molecular flexibility index (Phi) is 6.59. The van der Waals surface area contributed by atoms with Crippen molar-refractivity contribution in [2.75, 3.05) is 19.8 Å². The molecule has 2 rings (SSSR count). The van der Waals surface area contributed by atoms with Gasteiger partial charge in [0.1, 0.15) is 11.5 Å². The quantitative estimate of drug-likeness (QED) is 0.794. The van der Waals surface area contributed by atoms with Crippen molar-refractivity contribution in [1.82, 2.24) is 5.32 Å². The molecule has 1 aliphatic carbocycles. The van der Waals surface area contributed by atoms with Crippen molar-refractivity contribution in [2.24, 2.45) is 5.92 Å². The van der Waals surface area contributed by atoms with E-state index in [0.717, 1.165) is 6.42 Å². The van der Waals surface area contributed by atoms with Crippen molar-refractivity contribution >= 4 is 17.5 Å². The van der Waals surface area contributed by atoms with Gasteiger partial charge in [-0.15, -0.1) is 11.6 Å². The summed E-state index contributed by atoms with van der Waals surface area (Å²) in [6, 6.07) is 0.0205. The minimum absolute atomic E-state index is 0.0205. The first-order chi connectivity index (χ1) is 9.66. The van der Waals surface area contributed by atoms with E-state index in [1.165, 1.54) is 32.1 Å². The van der Waals surface area contributed by atoms with Gasteiger partial charge in [-0.2, -0.15) is 0 Å². The molecule has 20 heavy (non-hydrogen) atoms. The Bertz CT molecular complexity index is 299. The molecule has 1 amide bonds. The van der Waals surface area contributed by atoms with Crippen LogP contribution < -0.4 is 5.32 Å². The van der Waals surface area contributed by atoms with Gasteiger partial charge in [-0.1, -0.05) is 32.1 Å². The molecule has 1 saturated carbocycles. The van der Waals surface area contributed by atoms with Crippen LogP contribution in [0.4, 0.5) is 0 Å². The van der Waals surface area contributed by atoms with Crippen molar-refractivity contribution in [1.29, 1.82) is 0 Å². The molecule has 2 fully saturated rings. The Balaban J connectivity index is 1.92. The maximum absolute atomic E-state index is 11.9. The molecule has 5 heteroatoms. The Labute approximate surface area is 126 Å². The molecule has 0 spiro atoms. The normalized spacial score (nSPS) is 27.8. The molecule has 1 saturated heterocycles. The predicted molar refractivity (Wildman–Crippen MR) is 79.0 cm³/mol. The highest BCUT2D eigenvalue weighted by Gasteiger charge is 2.30. The third-order valence-electron chi connectivity index (χ3n) is 4.29. The number of halogens is 1. The number of carbonyl (C=O) groups excluding carboxylic acids is 1. The lowest BCUT2D eigenvalue weighted by Gasteiger charge is -2.34. The van der Waals surface area contributed by atoms with E-state index >= 15 is 0 Å². The number of amides is 1. The lowest BCUT2D eigenvalue weighted by molar-refractivity contribution is -0.128. The second kappa shape index (κ2) is 8.20. The molecule has 3 atom stereocenters. The van der Waals surface area contributed by atoms with E-state index < -0.39 is 5.38 Å². The Morgan fingerprint density at radius 3 is 2.65 bits per heavy atom. The minimum Gasteiger partial charge on any atom is -0.376 e. The van der Waals surface area contributed by atoms with Crippen molar-refractivity contribution in [3.05, 3.63) is 0 Å². The van der Waals surface area contributed by atoms with Crippen LogP contribution in [-0.4, -0.2) is 43.3 Å². The highest BCUT2D eigenvalue weighted by molar-refractivity contribution is 6.30. The molecule has 1 heterocycles. The third kappa shape index (κ3) is 4.90. The molecule has 116 valence electrons. The molecular formula is C15H26ClNO3. The average molecular weight is 304 g/mol. The van der Waals surface area contributed by atoms with Gasteiger partial charge in [0, 0.05) is 0 Å². The van der Waals surface area contributed by atoms with Gasteiger partial charge in [-0.25, -0.2) is 0 Å². The number of alkyl halides is 1. The van der Waals surface area contributed by atoms with Crippen LogP contribution in [0.3, 0.4) is 0 Å². The van der Waals surface area contributed by atoms with Crippen molar-refractivity contribution in [3.63, 3.8) is 0 Å². The number of rotatable bonds is 5. The molecule has 1 N–H and O–H groups in total. The smallest absolute Gasteiger partial charge is 0.238 e. The lowest BCUT2D eigenvalue weighted by Crippen LogP contribution is -2.51. The molecule has 0 aromatic heterocycles. The summed E-state index contributed by atoms with van der Waals surface area (Å²) < 4.78 is 11.3. The zero-order valence-electron chi connectivity index (χ0n) is 12.3. The van der Waals surface area contributed by atoms with Crippen LogP contribution in [0.1, 0.15) is 45.4 Å². The fourth-order valence-corrected chi connectivity index (χ4v) is 3.18. The minimum atomic E-state index is -0.506. The van der Waals surface area contributed by atoms with E-state index in [9.17, 15) is 4.79 Å². The molecular weight excluding hydrogens is 278 g/mol. The van der Waals surface area contributed by atoms with Crippen LogP contribution in [0.5, 0.6) is 0 Å². The summed E-state index contributed by atoms with van der Waals surface area (Å²) in [5.74, 6) is 0.576. The third-order valence-corrected chi connectivity index (χ3v) is 4.49. The fourth-order valence-electron chi connectivity index (χ4n) is 3.12. The van der Waals surface area contributed by atoms with E-state index in [-0.39, 0.29) is 18.1 Å². The van der Waals surface area contributed by atoms with Gasteiger partial charge in [0.05, 0.1) is 25.9 Å². The topological polar surface area (TPSA) is 47.6 Å². The number of carbonyl (C=O) groups is 1. The molecule has 0 aromatic rings. The van der Waals surface area contributed by atoms with Crippen LogP contribution >= 0.6 is 11.6 Å². The number of ether oxygens (including phenoxy) is 2. The SMILES string of the molecule is CC(Cl)C(=O)NC(CC1CCCCC1)C1COCCO1. The molecule has 1 aliphatic heterocycles. The summed E-state index contributed by atoms with van der Waals surface area (Å²) in [6.07, 6.45) is 7.41. The Morgan fingerprint density at radius 1 is 1.30 bits per heavy atom. The maximum atomic E-state index is 11.9. The second-order valence-corrected chi connectivity index (χ2v) is 6.61. The molecule has 0 bridgehead atoms. The maximum Gasteiger partial charge on any atom is 0.238 e. The van der Waals surface area contributed by atoms with Gasteiger partial charge in [0.25, 0.3) is 0 Å². The van der Waals surface area contributed by atoms with Gasteiger partial charge >= 0.3 is 0 Å². The van der Waals surface area contributed by atoms with Gasteiger partial charge in [0.2, 0.25) is 5.91 Å². The zero-order valence-corrected chi connectivity index (χ0v) is 13.0. The van der Waals surface area contributed by atoms with Gasteiger partial charge in [0.15, 0.2) is 0 Å². The van der Waals surface area contributed by atoms with E-state index in [1.807, 2.05) is 0 Å².